The van der Waals surface area contributed by atoms with Crippen LogP contribution in [0.25, 0.3) is 0 Å². The van der Waals surface area contributed by atoms with Crippen LogP contribution < -0.4 is 0 Å². The van der Waals surface area contributed by atoms with Crippen molar-refractivity contribution >= 4 is 5.91 Å². The molecule has 0 aromatic heterocycles. The van der Waals surface area contributed by atoms with Crippen molar-refractivity contribution in [2.24, 2.45) is 0 Å². The summed E-state index contributed by atoms with van der Waals surface area (Å²) in [5.41, 5.74) is 1.98. The molecule has 5 rings (SSSR count). The van der Waals surface area contributed by atoms with E-state index in [1.54, 1.807) is 4.90 Å². The Morgan fingerprint density at radius 3 is 2.47 bits per heavy atom. The van der Waals surface area contributed by atoms with E-state index in [0.717, 1.165) is 11.1 Å². The van der Waals surface area contributed by atoms with E-state index in [4.69, 9.17) is 23.7 Å². The molecule has 0 aliphatic carbocycles. The summed E-state index contributed by atoms with van der Waals surface area (Å²) < 4.78 is 30.6. The predicted molar refractivity (Wildman–Crippen MR) is 106 cm³/mol. The maximum Gasteiger partial charge on any atom is 0.221 e. The second-order valence-electron chi connectivity index (χ2n) is 7.76. The maximum atomic E-state index is 12.2. The van der Waals surface area contributed by atoms with Gasteiger partial charge in [0.05, 0.1) is 13.2 Å². The van der Waals surface area contributed by atoms with Crippen LogP contribution in [-0.4, -0.2) is 54.8 Å². The summed E-state index contributed by atoms with van der Waals surface area (Å²) in [7, 11) is 0. The van der Waals surface area contributed by atoms with Crippen molar-refractivity contribution in [2.45, 2.75) is 50.5 Å². The normalized spacial score (nSPS) is 33.0. The van der Waals surface area contributed by atoms with Gasteiger partial charge in [0.2, 0.25) is 5.91 Å². The number of fused-ring (bicyclic) bond motifs is 3. The van der Waals surface area contributed by atoms with Gasteiger partial charge in [0.1, 0.15) is 31.1 Å². The SMILES string of the molecule is CC(=O)N1CO[C@H]2[C@@H]3OC(c4ccccc4)OC[C@H]3O[C@H](OCc3ccccc3)[C@@H]21. The minimum atomic E-state index is -0.622. The van der Waals surface area contributed by atoms with E-state index in [2.05, 4.69) is 0 Å². The molecule has 0 spiro atoms. The third kappa shape index (κ3) is 3.75. The molecule has 0 radical (unpaired) electrons. The number of benzene rings is 2. The monoisotopic (exact) mass is 411 g/mol. The highest BCUT2D eigenvalue weighted by atomic mass is 16.8. The summed E-state index contributed by atoms with van der Waals surface area (Å²) in [6.45, 7) is 2.47. The molecule has 7 nitrogen and oxygen atoms in total. The zero-order chi connectivity index (χ0) is 20.5. The van der Waals surface area contributed by atoms with Crippen molar-refractivity contribution in [3.05, 3.63) is 71.8 Å². The number of amides is 1. The van der Waals surface area contributed by atoms with Crippen molar-refractivity contribution in [1.29, 1.82) is 0 Å². The third-order valence-electron chi connectivity index (χ3n) is 5.81. The minimum absolute atomic E-state index is 0.0791. The van der Waals surface area contributed by atoms with E-state index in [-0.39, 0.29) is 37.0 Å². The van der Waals surface area contributed by atoms with Crippen LogP contribution in [0.4, 0.5) is 0 Å². The summed E-state index contributed by atoms with van der Waals surface area (Å²) in [5, 5.41) is 0. The van der Waals surface area contributed by atoms with Gasteiger partial charge in [0.15, 0.2) is 12.6 Å². The molecule has 3 aliphatic rings. The Labute approximate surface area is 175 Å². The van der Waals surface area contributed by atoms with Crippen molar-refractivity contribution < 1.29 is 28.5 Å². The number of hydrogen-bond donors (Lipinski definition) is 0. The first-order valence-electron chi connectivity index (χ1n) is 10.2. The van der Waals surface area contributed by atoms with E-state index in [1.165, 1.54) is 6.92 Å². The highest BCUT2D eigenvalue weighted by Gasteiger charge is 2.56. The van der Waals surface area contributed by atoms with Gasteiger partial charge in [-0.3, -0.25) is 4.79 Å². The quantitative estimate of drug-likeness (QED) is 0.771. The van der Waals surface area contributed by atoms with Gasteiger partial charge in [-0.05, 0) is 5.56 Å². The molecule has 1 amide bonds. The molecule has 0 saturated carbocycles. The van der Waals surface area contributed by atoms with Crippen molar-refractivity contribution in [3.63, 3.8) is 0 Å². The Morgan fingerprint density at radius 1 is 1.00 bits per heavy atom. The third-order valence-corrected chi connectivity index (χ3v) is 5.81. The summed E-state index contributed by atoms with van der Waals surface area (Å²) in [6, 6.07) is 19.3. The van der Waals surface area contributed by atoms with Crippen LogP contribution in [-0.2, 0) is 35.1 Å². The summed E-state index contributed by atoms with van der Waals surface area (Å²) in [4.78, 5) is 13.9. The Balaban J connectivity index is 1.35. The summed E-state index contributed by atoms with van der Waals surface area (Å²) in [5.74, 6) is -0.0791. The molecule has 3 fully saturated rings. The molecule has 3 aliphatic heterocycles. The van der Waals surface area contributed by atoms with E-state index >= 15 is 0 Å². The second-order valence-corrected chi connectivity index (χ2v) is 7.76. The summed E-state index contributed by atoms with van der Waals surface area (Å²) >= 11 is 0. The summed E-state index contributed by atoms with van der Waals surface area (Å²) in [6.07, 6.45) is -2.14. The molecule has 3 saturated heterocycles. The Morgan fingerprint density at radius 2 is 1.73 bits per heavy atom. The molecule has 30 heavy (non-hydrogen) atoms. The molecule has 6 atom stereocenters. The van der Waals surface area contributed by atoms with E-state index in [9.17, 15) is 4.79 Å². The molecule has 2 aromatic rings. The van der Waals surface area contributed by atoms with Gasteiger partial charge in [0, 0.05) is 12.5 Å². The largest absolute Gasteiger partial charge is 0.353 e. The lowest BCUT2D eigenvalue weighted by Gasteiger charge is -2.47. The minimum Gasteiger partial charge on any atom is -0.353 e. The number of carbonyl (C=O) groups excluding carboxylic acids is 1. The van der Waals surface area contributed by atoms with Crippen LogP contribution in [0.1, 0.15) is 24.3 Å². The smallest absolute Gasteiger partial charge is 0.221 e. The van der Waals surface area contributed by atoms with E-state index in [0.29, 0.717) is 13.2 Å². The van der Waals surface area contributed by atoms with Gasteiger partial charge >= 0.3 is 0 Å². The van der Waals surface area contributed by atoms with Gasteiger partial charge in [0.25, 0.3) is 0 Å². The Hall–Kier alpha value is -2.29. The highest BCUT2D eigenvalue weighted by molar-refractivity contribution is 5.74. The van der Waals surface area contributed by atoms with Gasteiger partial charge in [-0.2, -0.15) is 0 Å². The van der Waals surface area contributed by atoms with Crippen LogP contribution in [0.3, 0.4) is 0 Å². The fourth-order valence-electron chi connectivity index (χ4n) is 4.30. The first-order chi connectivity index (χ1) is 14.7. The number of nitrogens with zero attached hydrogens (tertiary/aromatic N) is 1. The van der Waals surface area contributed by atoms with Crippen LogP contribution in [0, 0.1) is 0 Å². The predicted octanol–water partition coefficient (Wildman–Crippen LogP) is 2.62. The molecule has 7 heteroatoms. The lowest BCUT2D eigenvalue weighted by Crippen LogP contribution is -2.64. The van der Waals surface area contributed by atoms with Gasteiger partial charge < -0.3 is 28.6 Å². The zero-order valence-electron chi connectivity index (χ0n) is 16.8. The number of rotatable bonds is 4. The van der Waals surface area contributed by atoms with E-state index in [1.807, 2.05) is 60.7 Å². The van der Waals surface area contributed by atoms with Crippen molar-refractivity contribution in [1.82, 2.24) is 4.90 Å². The number of hydrogen-bond acceptors (Lipinski definition) is 6. The zero-order valence-corrected chi connectivity index (χ0v) is 16.8. The average molecular weight is 411 g/mol. The maximum absolute atomic E-state index is 12.2. The molecule has 0 bridgehead atoms. The lowest BCUT2D eigenvalue weighted by molar-refractivity contribution is -0.342. The van der Waals surface area contributed by atoms with Crippen LogP contribution >= 0.6 is 0 Å². The topological polar surface area (TPSA) is 66.5 Å². The first-order valence-corrected chi connectivity index (χ1v) is 10.2. The fraction of sp³-hybridized carbons (Fsp3) is 0.435. The van der Waals surface area contributed by atoms with Crippen LogP contribution in [0.5, 0.6) is 0 Å². The second kappa shape index (κ2) is 8.45. The standard InChI is InChI=1S/C23H25NO6/c1-15(25)24-14-28-21-19(24)23(26-12-16-8-4-2-5-9-16)29-18-13-27-22(30-20(18)21)17-10-6-3-7-11-17/h2-11,18-23H,12-14H2,1H3/t18-,19-,20-,21-,22?,23+/m1/s1. The van der Waals surface area contributed by atoms with Crippen molar-refractivity contribution in [2.75, 3.05) is 13.3 Å². The molecule has 2 aromatic carbocycles. The molecular weight excluding hydrogens is 386 g/mol. The van der Waals surface area contributed by atoms with Crippen LogP contribution in [0.15, 0.2) is 60.7 Å². The fourth-order valence-corrected chi connectivity index (χ4v) is 4.30. The number of ether oxygens (including phenoxy) is 5. The molecule has 3 heterocycles. The molecule has 0 N–H and O–H groups in total. The Bertz CT molecular complexity index is 863. The van der Waals surface area contributed by atoms with Gasteiger partial charge in [-0.15, -0.1) is 0 Å². The highest BCUT2D eigenvalue weighted by Crippen LogP contribution is 2.39. The molecular formula is C23H25NO6. The van der Waals surface area contributed by atoms with Crippen LogP contribution in [0.2, 0.25) is 0 Å². The lowest BCUT2D eigenvalue weighted by atomic mass is 9.95. The van der Waals surface area contributed by atoms with Gasteiger partial charge in [-0.1, -0.05) is 60.7 Å². The average Bonchev–Trinajstić information content (AvgIpc) is 3.25. The van der Waals surface area contributed by atoms with Crippen molar-refractivity contribution in [3.8, 4) is 0 Å². The Kier molecular flexibility index (Phi) is 5.54. The first kappa shape index (κ1) is 19.7. The van der Waals surface area contributed by atoms with Gasteiger partial charge in [-0.25, -0.2) is 0 Å². The van der Waals surface area contributed by atoms with E-state index < -0.39 is 12.6 Å². The number of carbonyl (C=O) groups is 1. The molecule has 1 unspecified atom stereocenters. The molecule has 158 valence electrons.